The first-order valence-corrected chi connectivity index (χ1v) is 10.7. The van der Waals surface area contributed by atoms with Crippen LogP contribution in [0.25, 0.3) is 23.0 Å². The Hall–Kier alpha value is -4.52. The highest BCUT2D eigenvalue weighted by Crippen LogP contribution is 2.24. The van der Waals surface area contributed by atoms with E-state index in [0.717, 1.165) is 22.5 Å². The minimum Gasteiger partial charge on any atom is -0.484 e. The van der Waals surface area contributed by atoms with E-state index in [4.69, 9.17) is 9.84 Å². The zero-order valence-corrected chi connectivity index (χ0v) is 19.0. The third kappa shape index (κ3) is 5.45. The van der Waals surface area contributed by atoms with Crippen LogP contribution in [0.5, 0.6) is 5.75 Å². The minimum absolute atomic E-state index is 0.0529. The smallest absolute Gasteiger partial charge is 0.259 e. The summed E-state index contributed by atoms with van der Waals surface area (Å²) < 4.78 is 7.25. The van der Waals surface area contributed by atoms with Gasteiger partial charge in [0.15, 0.2) is 12.4 Å². The first-order chi connectivity index (χ1) is 16.5. The van der Waals surface area contributed by atoms with Crippen LogP contribution in [0.4, 0.5) is 0 Å². The molecule has 0 saturated carbocycles. The van der Waals surface area contributed by atoms with Crippen molar-refractivity contribution in [3.8, 4) is 22.7 Å². The van der Waals surface area contributed by atoms with Crippen molar-refractivity contribution in [3.05, 3.63) is 103 Å². The zero-order valence-electron chi connectivity index (χ0n) is 19.0. The van der Waals surface area contributed by atoms with Gasteiger partial charge in [-0.3, -0.25) is 14.6 Å². The molecule has 0 fully saturated rings. The summed E-state index contributed by atoms with van der Waals surface area (Å²) >= 11 is 0. The fourth-order valence-electron chi connectivity index (χ4n) is 3.20. The first kappa shape index (κ1) is 22.7. The number of allylic oxidation sites excluding steroid dienone is 1. The number of ketones is 1. The molecule has 7 nitrogen and oxygen atoms in total. The van der Waals surface area contributed by atoms with Gasteiger partial charge in [-0.25, -0.2) is 4.68 Å². The number of likely N-dealkylation sites (N-methyl/N-ethyl adjacent to an activating group) is 1. The molecule has 0 unspecified atom stereocenters. The van der Waals surface area contributed by atoms with Crippen molar-refractivity contribution in [1.29, 1.82) is 0 Å². The number of aromatic nitrogens is 3. The van der Waals surface area contributed by atoms with Crippen LogP contribution >= 0.6 is 0 Å². The highest BCUT2D eigenvalue weighted by atomic mass is 16.5. The Balaban J connectivity index is 1.54. The number of rotatable bonds is 8. The second-order valence-electron chi connectivity index (χ2n) is 7.75. The van der Waals surface area contributed by atoms with Crippen molar-refractivity contribution in [3.63, 3.8) is 0 Å². The Morgan fingerprint density at radius 2 is 1.76 bits per heavy atom. The van der Waals surface area contributed by atoms with Gasteiger partial charge in [0.1, 0.15) is 11.4 Å². The number of ether oxygens (including phenoxy) is 1. The fraction of sp³-hybridized carbons (Fsp3) is 0.111. The van der Waals surface area contributed by atoms with Crippen molar-refractivity contribution in [2.45, 2.75) is 0 Å². The molecule has 0 atom stereocenters. The molecule has 0 aliphatic carbocycles. The molecule has 2 aromatic heterocycles. The van der Waals surface area contributed by atoms with Crippen LogP contribution in [-0.4, -0.2) is 52.1 Å². The van der Waals surface area contributed by atoms with Gasteiger partial charge < -0.3 is 9.64 Å². The summed E-state index contributed by atoms with van der Waals surface area (Å²) in [5.41, 5.74) is 3.82. The van der Waals surface area contributed by atoms with Crippen LogP contribution in [-0.2, 0) is 4.79 Å². The van der Waals surface area contributed by atoms with Crippen LogP contribution in [0.2, 0.25) is 0 Å². The van der Waals surface area contributed by atoms with Gasteiger partial charge in [-0.1, -0.05) is 18.2 Å². The number of pyridine rings is 1. The van der Waals surface area contributed by atoms with Crippen molar-refractivity contribution in [2.75, 3.05) is 20.7 Å². The van der Waals surface area contributed by atoms with E-state index in [9.17, 15) is 9.59 Å². The molecule has 0 bridgehead atoms. The summed E-state index contributed by atoms with van der Waals surface area (Å²) in [6, 6.07) is 20.3. The van der Waals surface area contributed by atoms with Gasteiger partial charge in [0.2, 0.25) is 0 Å². The van der Waals surface area contributed by atoms with Gasteiger partial charge >= 0.3 is 0 Å². The maximum absolute atomic E-state index is 12.8. The molecule has 2 heterocycles. The van der Waals surface area contributed by atoms with E-state index in [0.29, 0.717) is 11.3 Å². The highest BCUT2D eigenvalue weighted by molar-refractivity contribution is 6.07. The van der Waals surface area contributed by atoms with Crippen LogP contribution in [0.3, 0.4) is 0 Å². The van der Waals surface area contributed by atoms with E-state index >= 15 is 0 Å². The number of carbonyl (C=O) groups excluding carboxylic acids is 2. The molecular formula is C27H24N4O3. The number of para-hydroxylation sites is 1. The van der Waals surface area contributed by atoms with E-state index < -0.39 is 0 Å². The number of hydrogen-bond acceptors (Lipinski definition) is 5. The normalized spacial score (nSPS) is 10.9. The molecular weight excluding hydrogens is 428 g/mol. The van der Waals surface area contributed by atoms with Crippen LogP contribution < -0.4 is 4.74 Å². The van der Waals surface area contributed by atoms with Crippen molar-refractivity contribution in [2.24, 2.45) is 0 Å². The molecule has 0 spiro atoms. The van der Waals surface area contributed by atoms with E-state index in [-0.39, 0.29) is 18.3 Å². The molecule has 0 aliphatic rings. The summed E-state index contributed by atoms with van der Waals surface area (Å²) in [4.78, 5) is 30.1. The Morgan fingerprint density at radius 3 is 2.44 bits per heavy atom. The third-order valence-electron chi connectivity index (χ3n) is 5.11. The molecule has 0 radical (unpaired) electrons. The van der Waals surface area contributed by atoms with Gasteiger partial charge in [0, 0.05) is 49.4 Å². The maximum atomic E-state index is 12.8. The summed E-state index contributed by atoms with van der Waals surface area (Å²) in [7, 11) is 3.34. The lowest BCUT2D eigenvalue weighted by molar-refractivity contribution is -0.130. The number of amides is 1. The van der Waals surface area contributed by atoms with Crippen molar-refractivity contribution in [1.82, 2.24) is 19.7 Å². The molecule has 2 aromatic carbocycles. The minimum atomic E-state index is -0.152. The maximum Gasteiger partial charge on any atom is 0.259 e. The molecule has 4 rings (SSSR count). The Labute approximate surface area is 197 Å². The highest BCUT2D eigenvalue weighted by Gasteiger charge is 2.12. The molecule has 1 amide bonds. The van der Waals surface area contributed by atoms with E-state index in [2.05, 4.69) is 4.98 Å². The van der Waals surface area contributed by atoms with E-state index in [1.165, 1.54) is 11.0 Å². The van der Waals surface area contributed by atoms with Crippen LogP contribution in [0.1, 0.15) is 15.9 Å². The third-order valence-corrected chi connectivity index (χ3v) is 5.11. The summed E-state index contributed by atoms with van der Waals surface area (Å²) in [6.45, 7) is -0.0529. The topological polar surface area (TPSA) is 77.3 Å². The summed E-state index contributed by atoms with van der Waals surface area (Å²) in [5.74, 6) is 0.239. The lowest BCUT2D eigenvalue weighted by Gasteiger charge is -2.11. The predicted octanol–water partition coefficient (Wildman–Crippen LogP) is 4.30. The molecule has 7 heteroatoms. The number of benzene rings is 2. The number of carbonyl (C=O) groups is 2. The average molecular weight is 453 g/mol. The number of hydrogen-bond donors (Lipinski definition) is 0. The van der Waals surface area contributed by atoms with Crippen LogP contribution in [0.15, 0.2) is 91.4 Å². The second kappa shape index (κ2) is 10.4. The molecule has 0 saturated heterocycles. The quantitative estimate of drug-likeness (QED) is 0.294. The molecule has 0 N–H and O–H groups in total. The monoisotopic (exact) mass is 452 g/mol. The SMILES string of the molecule is CN(C)C(=O)COc1ccc(C(=O)/C=C/c2cn(-c3ccccc3)nc2-c2cccnc2)cc1. The second-order valence-corrected chi connectivity index (χ2v) is 7.75. The Morgan fingerprint density at radius 1 is 1.00 bits per heavy atom. The largest absolute Gasteiger partial charge is 0.484 e. The van der Waals surface area contributed by atoms with Gasteiger partial charge in [-0.15, -0.1) is 0 Å². The van der Waals surface area contributed by atoms with E-state index in [1.807, 2.05) is 48.7 Å². The molecule has 0 aliphatic heterocycles. The van der Waals surface area contributed by atoms with Crippen LogP contribution in [0, 0.1) is 0 Å². The molecule has 4 aromatic rings. The summed E-state index contributed by atoms with van der Waals surface area (Å²) in [5, 5.41) is 4.73. The van der Waals surface area contributed by atoms with Gasteiger partial charge in [0.05, 0.1) is 5.69 Å². The van der Waals surface area contributed by atoms with Gasteiger partial charge in [0.25, 0.3) is 5.91 Å². The molecule has 34 heavy (non-hydrogen) atoms. The lowest BCUT2D eigenvalue weighted by atomic mass is 10.1. The average Bonchev–Trinajstić information content (AvgIpc) is 3.31. The first-order valence-electron chi connectivity index (χ1n) is 10.7. The van der Waals surface area contributed by atoms with Crippen molar-refractivity contribution < 1.29 is 14.3 Å². The summed E-state index contributed by atoms with van der Waals surface area (Å²) in [6.07, 6.45) is 8.63. The predicted molar refractivity (Wildman–Crippen MR) is 131 cm³/mol. The Kier molecular flexibility index (Phi) is 6.93. The van der Waals surface area contributed by atoms with Gasteiger partial charge in [-0.2, -0.15) is 5.10 Å². The Bertz CT molecular complexity index is 1290. The lowest BCUT2D eigenvalue weighted by Crippen LogP contribution is -2.27. The standard InChI is InChI=1S/C27H24N4O3/c1-30(2)26(33)19-34-24-13-10-20(11-14-24)25(32)15-12-22-18-31(23-8-4-3-5-9-23)29-27(22)21-7-6-16-28-17-21/h3-18H,19H2,1-2H3/b15-12+. The van der Waals surface area contributed by atoms with Gasteiger partial charge in [-0.05, 0) is 60.7 Å². The zero-order chi connectivity index (χ0) is 23.9. The fourth-order valence-corrected chi connectivity index (χ4v) is 3.20. The molecule has 170 valence electrons. The van der Waals surface area contributed by atoms with Crippen molar-refractivity contribution >= 4 is 17.8 Å². The van der Waals surface area contributed by atoms with E-state index in [1.54, 1.807) is 61.5 Å². The number of nitrogens with zero attached hydrogens (tertiary/aromatic N) is 4.